The molecule has 1 fully saturated rings. The summed E-state index contributed by atoms with van der Waals surface area (Å²) < 4.78 is 0. The first-order chi connectivity index (χ1) is 14.0. The molecule has 29 heavy (non-hydrogen) atoms. The third-order valence-corrected chi connectivity index (χ3v) is 5.11. The number of hydrogen-bond acceptors (Lipinski definition) is 3. The number of carbonyl (C=O) groups is 2. The van der Waals surface area contributed by atoms with Gasteiger partial charge in [0.25, 0.3) is 5.91 Å². The number of nitrogens with one attached hydrogen (secondary N) is 1. The van der Waals surface area contributed by atoms with Gasteiger partial charge in [-0.2, -0.15) is 0 Å². The van der Waals surface area contributed by atoms with Crippen LogP contribution in [0.2, 0.25) is 0 Å². The number of carbonyl (C=O) groups excluding carboxylic acids is 2. The average molecular weight is 390 g/mol. The normalized spacial score (nSPS) is 17.0. The van der Waals surface area contributed by atoms with Gasteiger partial charge >= 0.3 is 0 Å². The van der Waals surface area contributed by atoms with E-state index >= 15 is 0 Å². The minimum absolute atomic E-state index is 0.0166. The summed E-state index contributed by atoms with van der Waals surface area (Å²) in [6.45, 7) is 3.62. The first-order valence-electron chi connectivity index (χ1n) is 9.81. The summed E-state index contributed by atoms with van der Waals surface area (Å²) in [5.74, 6) is -0.190. The van der Waals surface area contributed by atoms with Gasteiger partial charge in [-0.3, -0.25) is 14.8 Å². The quantitative estimate of drug-likeness (QED) is 0.462. The Balaban J connectivity index is 1.64. The first-order valence-corrected chi connectivity index (χ1v) is 9.81. The molecule has 2 amide bonds. The molecule has 0 saturated carbocycles. The van der Waals surface area contributed by atoms with Crippen LogP contribution < -0.4 is 5.48 Å². The molecule has 1 saturated heterocycles. The van der Waals surface area contributed by atoms with Gasteiger partial charge in [0.2, 0.25) is 5.91 Å². The fourth-order valence-corrected chi connectivity index (χ4v) is 3.62. The van der Waals surface area contributed by atoms with E-state index in [0.29, 0.717) is 5.92 Å². The van der Waals surface area contributed by atoms with Crippen LogP contribution in [0.4, 0.5) is 0 Å². The predicted molar refractivity (Wildman–Crippen MR) is 114 cm³/mol. The number of benzene rings is 2. The van der Waals surface area contributed by atoms with E-state index in [0.717, 1.165) is 37.1 Å². The molecule has 1 aliphatic rings. The molecule has 2 N–H and O–H groups in total. The van der Waals surface area contributed by atoms with Gasteiger partial charge in [0.1, 0.15) is 0 Å². The van der Waals surface area contributed by atoms with Crippen LogP contribution in [0.15, 0.2) is 60.7 Å². The highest BCUT2D eigenvalue weighted by atomic mass is 16.5. The maximum absolute atomic E-state index is 12.7. The molecule has 1 unspecified atom stereocenters. The van der Waals surface area contributed by atoms with E-state index < -0.39 is 5.91 Å². The molecular weight excluding hydrogens is 364 g/mol. The summed E-state index contributed by atoms with van der Waals surface area (Å²) in [5, 5.41) is 8.54. The molecule has 1 aliphatic heterocycles. The van der Waals surface area contributed by atoms with E-state index in [1.165, 1.54) is 17.2 Å². The predicted octanol–water partition coefficient (Wildman–Crippen LogP) is 3.93. The standard InChI is InChI=1S/C24H26N2O3/c1-18-5-2-8-21(15-18)22-9-4-14-26(17-22)24(28)13-11-20-7-3-6-19(16-20)10-12-23(27)25-29/h2-3,5-8,10-13,15-16,22,29H,4,9,14,17H2,1H3,(H,25,27)/b12-10+,13-11+. The molecule has 1 heterocycles. The highest BCUT2D eigenvalue weighted by molar-refractivity contribution is 5.92. The van der Waals surface area contributed by atoms with Crippen LogP contribution >= 0.6 is 0 Å². The van der Waals surface area contributed by atoms with Crippen LogP contribution in [0.1, 0.15) is 41.0 Å². The number of nitrogens with zero attached hydrogens (tertiary/aromatic N) is 1. The van der Waals surface area contributed by atoms with Crippen molar-refractivity contribution in [3.8, 4) is 0 Å². The molecule has 0 aromatic heterocycles. The minimum atomic E-state index is -0.589. The Morgan fingerprint density at radius 1 is 1.07 bits per heavy atom. The molecule has 150 valence electrons. The summed E-state index contributed by atoms with van der Waals surface area (Å²) in [6.07, 6.45) is 8.36. The number of aryl methyl sites for hydroxylation is 1. The number of hydrogen-bond donors (Lipinski definition) is 2. The first kappa shape index (κ1) is 20.6. The van der Waals surface area contributed by atoms with Crippen LogP contribution in [0.3, 0.4) is 0 Å². The summed E-state index contributed by atoms with van der Waals surface area (Å²) >= 11 is 0. The van der Waals surface area contributed by atoms with Crippen LogP contribution in [0.25, 0.3) is 12.2 Å². The SMILES string of the molecule is Cc1cccc(C2CCCN(C(=O)/C=C/c3cccc(/C=C/C(=O)NO)c3)C2)c1. The van der Waals surface area contributed by atoms with Gasteiger partial charge in [0.05, 0.1) is 0 Å². The van der Waals surface area contributed by atoms with Gasteiger partial charge in [-0.05, 0) is 54.7 Å². The Bertz CT molecular complexity index is 933. The molecule has 0 aliphatic carbocycles. The lowest BCUT2D eigenvalue weighted by atomic mass is 9.90. The second-order valence-corrected chi connectivity index (χ2v) is 7.35. The number of hydroxylamine groups is 1. The fourth-order valence-electron chi connectivity index (χ4n) is 3.62. The summed E-state index contributed by atoms with van der Waals surface area (Å²) in [6, 6.07) is 16.0. The number of piperidine rings is 1. The zero-order valence-corrected chi connectivity index (χ0v) is 16.5. The molecule has 0 bridgehead atoms. The summed E-state index contributed by atoms with van der Waals surface area (Å²) in [7, 11) is 0. The number of amides is 2. The van der Waals surface area contributed by atoms with Gasteiger partial charge < -0.3 is 4.90 Å². The van der Waals surface area contributed by atoms with E-state index in [4.69, 9.17) is 5.21 Å². The van der Waals surface area contributed by atoms with E-state index in [1.54, 1.807) is 23.7 Å². The van der Waals surface area contributed by atoms with Crippen LogP contribution in [-0.4, -0.2) is 35.0 Å². The number of rotatable bonds is 5. The van der Waals surface area contributed by atoms with Crippen molar-refractivity contribution in [2.75, 3.05) is 13.1 Å². The highest BCUT2D eigenvalue weighted by Gasteiger charge is 2.23. The van der Waals surface area contributed by atoms with Gasteiger partial charge in [-0.25, -0.2) is 5.48 Å². The van der Waals surface area contributed by atoms with Gasteiger partial charge in [0, 0.05) is 31.2 Å². The van der Waals surface area contributed by atoms with Gasteiger partial charge in [0.15, 0.2) is 0 Å². The average Bonchev–Trinajstić information content (AvgIpc) is 2.76. The summed E-state index contributed by atoms with van der Waals surface area (Å²) in [5.41, 5.74) is 5.78. The molecule has 5 heteroatoms. The van der Waals surface area contributed by atoms with Crippen LogP contribution in [0, 0.1) is 6.92 Å². The lowest BCUT2D eigenvalue weighted by Crippen LogP contribution is -2.38. The van der Waals surface area contributed by atoms with Crippen LogP contribution in [0.5, 0.6) is 0 Å². The maximum Gasteiger partial charge on any atom is 0.267 e. The maximum atomic E-state index is 12.7. The molecule has 5 nitrogen and oxygen atoms in total. The van der Waals surface area contributed by atoms with E-state index in [9.17, 15) is 9.59 Å². The Labute approximate surface area is 171 Å². The monoisotopic (exact) mass is 390 g/mol. The molecule has 2 aromatic rings. The van der Waals surface area contributed by atoms with Crippen molar-refractivity contribution >= 4 is 24.0 Å². The Morgan fingerprint density at radius 2 is 1.79 bits per heavy atom. The van der Waals surface area contributed by atoms with Crippen molar-refractivity contribution in [1.82, 2.24) is 10.4 Å². The van der Waals surface area contributed by atoms with Crippen molar-refractivity contribution in [3.05, 3.63) is 82.9 Å². The van der Waals surface area contributed by atoms with Crippen LogP contribution in [-0.2, 0) is 9.59 Å². The Morgan fingerprint density at radius 3 is 2.52 bits per heavy atom. The molecule has 1 atom stereocenters. The third-order valence-electron chi connectivity index (χ3n) is 5.11. The summed E-state index contributed by atoms with van der Waals surface area (Å²) in [4.78, 5) is 25.7. The zero-order chi connectivity index (χ0) is 20.6. The van der Waals surface area contributed by atoms with Crippen molar-refractivity contribution in [2.45, 2.75) is 25.7 Å². The molecule has 0 radical (unpaired) electrons. The molecular formula is C24H26N2O3. The molecule has 0 spiro atoms. The van der Waals surface area contributed by atoms with E-state index in [-0.39, 0.29) is 5.91 Å². The Kier molecular flexibility index (Phi) is 6.98. The second kappa shape index (κ2) is 9.85. The van der Waals surface area contributed by atoms with Crippen molar-refractivity contribution in [3.63, 3.8) is 0 Å². The van der Waals surface area contributed by atoms with Crippen molar-refractivity contribution in [2.24, 2.45) is 0 Å². The van der Waals surface area contributed by atoms with Crippen molar-refractivity contribution in [1.29, 1.82) is 0 Å². The third kappa shape index (κ3) is 5.90. The van der Waals surface area contributed by atoms with Gasteiger partial charge in [-0.1, -0.05) is 48.0 Å². The van der Waals surface area contributed by atoms with E-state index in [2.05, 4.69) is 31.2 Å². The fraction of sp³-hybridized carbons (Fsp3) is 0.250. The lowest BCUT2D eigenvalue weighted by Gasteiger charge is -2.32. The zero-order valence-electron chi connectivity index (χ0n) is 16.5. The molecule has 2 aromatic carbocycles. The molecule has 3 rings (SSSR count). The largest absolute Gasteiger partial charge is 0.339 e. The Hall–Kier alpha value is -3.18. The smallest absolute Gasteiger partial charge is 0.267 e. The second-order valence-electron chi connectivity index (χ2n) is 7.35. The van der Waals surface area contributed by atoms with Crippen molar-refractivity contribution < 1.29 is 14.8 Å². The topological polar surface area (TPSA) is 69.6 Å². The number of likely N-dealkylation sites (tertiary alicyclic amines) is 1. The minimum Gasteiger partial charge on any atom is -0.339 e. The van der Waals surface area contributed by atoms with Gasteiger partial charge in [-0.15, -0.1) is 0 Å². The highest BCUT2D eigenvalue weighted by Crippen LogP contribution is 2.27. The lowest BCUT2D eigenvalue weighted by molar-refractivity contribution is -0.127. The van der Waals surface area contributed by atoms with E-state index in [1.807, 2.05) is 29.2 Å².